The first kappa shape index (κ1) is 16.3. The van der Waals surface area contributed by atoms with Crippen LogP contribution in [-0.2, 0) is 19.2 Å². The van der Waals surface area contributed by atoms with Crippen molar-refractivity contribution < 1.29 is 22.4 Å². The van der Waals surface area contributed by atoms with Crippen LogP contribution in [0.2, 0.25) is 5.28 Å². The van der Waals surface area contributed by atoms with Crippen LogP contribution in [0.3, 0.4) is 0 Å². The molecule has 0 spiro atoms. The number of hydrogen-bond donors (Lipinski definition) is 3. The zero-order valence-corrected chi connectivity index (χ0v) is 13.1. The average molecular weight is 365 g/mol. The highest BCUT2D eigenvalue weighted by Crippen LogP contribution is 2.32. The largest absolute Gasteiger partial charge is 0.390 e. The summed E-state index contributed by atoms with van der Waals surface area (Å²) in [4.78, 5) is 11.9. The van der Waals surface area contributed by atoms with E-state index in [4.69, 9.17) is 27.2 Å². The van der Waals surface area contributed by atoms with Crippen molar-refractivity contribution in [3.63, 3.8) is 0 Å². The normalized spacial score (nSPS) is 25.3. The van der Waals surface area contributed by atoms with Gasteiger partial charge in [-0.1, -0.05) is 0 Å². The minimum atomic E-state index is -4.12. The molecule has 1 aliphatic rings. The molecular formula is C10H13ClN6O5S. The van der Waals surface area contributed by atoms with E-state index in [9.17, 15) is 13.5 Å². The number of aliphatic hydroxyl groups excluding tert-OH is 1. The molecule has 0 aliphatic carbocycles. The number of aromatic nitrogens is 4. The van der Waals surface area contributed by atoms with Gasteiger partial charge in [0, 0.05) is 6.42 Å². The fraction of sp³-hybridized carbons (Fsp3) is 0.500. The second-order valence-corrected chi connectivity index (χ2v) is 6.47. The molecule has 2 aromatic heterocycles. The van der Waals surface area contributed by atoms with E-state index in [1.165, 1.54) is 10.9 Å². The number of fused-ring (bicyclic) bond motifs is 1. The lowest BCUT2D eigenvalue weighted by Crippen LogP contribution is -2.30. The van der Waals surface area contributed by atoms with Crippen molar-refractivity contribution in [3.8, 4) is 0 Å². The number of imidazole rings is 1. The molecule has 1 saturated heterocycles. The van der Waals surface area contributed by atoms with Gasteiger partial charge in [0.1, 0.15) is 17.8 Å². The molecule has 23 heavy (non-hydrogen) atoms. The second-order valence-electron chi connectivity index (χ2n) is 4.91. The summed E-state index contributed by atoms with van der Waals surface area (Å²) in [6, 6.07) is 0. The molecule has 1 aliphatic heterocycles. The van der Waals surface area contributed by atoms with E-state index in [1.807, 2.05) is 0 Å². The van der Waals surface area contributed by atoms with Gasteiger partial charge in [0.25, 0.3) is 0 Å². The Morgan fingerprint density at radius 3 is 2.96 bits per heavy atom. The zero-order valence-electron chi connectivity index (χ0n) is 11.5. The van der Waals surface area contributed by atoms with Crippen molar-refractivity contribution in [1.29, 1.82) is 0 Å². The van der Waals surface area contributed by atoms with Crippen molar-refractivity contribution in [3.05, 3.63) is 11.6 Å². The Kier molecular flexibility index (Phi) is 4.12. The van der Waals surface area contributed by atoms with Gasteiger partial charge in [0.15, 0.2) is 11.5 Å². The number of hydrogen-bond acceptors (Lipinski definition) is 9. The van der Waals surface area contributed by atoms with Crippen LogP contribution in [0.4, 0.5) is 5.82 Å². The van der Waals surface area contributed by atoms with Crippen LogP contribution >= 0.6 is 11.6 Å². The predicted octanol–water partition coefficient (Wildman–Crippen LogP) is -1.07. The molecule has 13 heteroatoms. The summed E-state index contributed by atoms with van der Waals surface area (Å²) in [5, 5.41) is 14.7. The molecule has 3 heterocycles. The summed E-state index contributed by atoms with van der Waals surface area (Å²) in [5.74, 6) is 0.117. The molecular weight excluding hydrogens is 352 g/mol. The van der Waals surface area contributed by atoms with E-state index in [1.54, 1.807) is 0 Å². The van der Waals surface area contributed by atoms with Gasteiger partial charge in [-0.15, -0.1) is 0 Å². The van der Waals surface area contributed by atoms with E-state index < -0.39 is 35.3 Å². The molecule has 0 unspecified atom stereocenters. The van der Waals surface area contributed by atoms with E-state index >= 15 is 0 Å². The average Bonchev–Trinajstić information content (AvgIpc) is 2.99. The fourth-order valence-electron chi connectivity index (χ4n) is 2.32. The first-order chi connectivity index (χ1) is 10.7. The first-order valence-corrected chi connectivity index (χ1v) is 8.26. The van der Waals surface area contributed by atoms with Crippen LogP contribution in [-0.4, -0.2) is 51.9 Å². The van der Waals surface area contributed by atoms with E-state index in [0.717, 1.165) is 0 Å². The maximum absolute atomic E-state index is 10.8. The highest BCUT2D eigenvalue weighted by molar-refractivity contribution is 7.84. The predicted molar refractivity (Wildman–Crippen MR) is 78.3 cm³/mol. The molecule has 1 fully saturated rings. The minimum Gasteiger partial charge on any atom is -0.390 e. The van der Waals surface area contributed by atoms with Crippen molar-refractivity contribution in [1.82, 2.24) is 19.5 Å². The van der Waals surface area contributed by atoms with Crippen molar-refractivity contribution in [2.24, 2.45) is 5.14 Å². The number of anilines is 1. The van der Waals surface area contributed by atoms with Gasteiger partial charge < -0.3 is 15.6 Å². The third-order valence-electron chi connectivity index (χ3n) is 3.33. The molecule has 11 nitrogen and oxygen atoms in total. The quantitative estimate of drug-likeness (QED) is 0.571. The Morgan fingerprint density at radius 2 is 2.26 bits per heavy atom. The van der Waals surface area contributed by atoms with E-state index in [-0.39, 0.29) is 17.5 Å². The van der Waals surface area contributed by atoms with Gasteiger partial charge in [-0.2, -0.15) is 18.4 Å². The molecule has 3 rings (SSSR count). The maximum atomic E-state index is 10.8. The SMILES string of the molecule is Nc1nc(Cl)nc2c1ncn2[C@H]1C[C@H](O)[C@@H](COS(N)(=O)=O)O1. The van der Waals surface area contributed by atoms with E-state index in [0.29, 0.717) is 11.2 Å². The molecule has 0 amide bonds. The Labute approximate surface area is 135 Å². The number of ether oxygens (including phenoxy) is 1. The van der Waals surface area contributed by atoms with Gasteiger partial charge in [-0.3, -0.25) is 8.75 Å². The molecule has 3 atom stereocenters. The standard InChI is InChI=1S/C10H13ClN6O5S/c11-10-15-8(12)7-9(16-10)17(3-14-7)6-1-4(18)5(22-6)2-21-23(13,19)20/h3-6,18H,1-2H2,(H2,12,15,16)(H2,13,19,20)/t4-,5+,6+/m0/s1. The number of nitrogens with two attached hydrogens (primary N) is 2. The van der Waals surface area contributed by atoms with Gasteiger partial charge in [0.2, 0.25) is 5.28 Å². The highest BCUT2D eigenvalue weighted by atomic mass is 35.5. The smallest absolute Gasteiger partial charge is 0.333 e. The summed E-state index contributed by atoms with van der Waals surface area (Å²) in [6.45, 7) is -0.402. The molecule has 0 saturated carbocycles. The van der Waals surface area contributed by atoms with Gasteiger partial charge in [-0.25, -0.2) is 10.1 Å². The van der Waals surface area contributed by atoms with Crippen molar-refractivity contribution in [2.45, 2.75) is 24.9 Å². The monoisotopic (exact) mass is 364 g/mol. The summed E-state index contributed by atoms with van der Waals surface area (Å²) in [6.07, 6.45) is -0.869. The van der Waals surface area contributed by atoms with Crippen LogP contribution in [0, 0.1) is 0 Å². The third kappa shape index (κ3) is 3.36. The number of halogens is 1. The van der Waals surface area contributed by atoms with Crippen LogP contribution in [0.25, 0.3) is 11.2 Å². The van der Waals surface area contributed by atoms with Crippen molar-refractivity contribution in [2.75, 3.05) is 12.3 Å². The fourth-order valence-corrected chi connectivity index (χ4v) is 2.81. The van der Waals surface area contributed by atoms with Crippen LogP contribution in [0.1, 0.15) is 12.6 Å². The van der Waals surface area contributed by atoms with Crippen LogP contribution in [0.15, 0.2) is 6.33 Å². The molecule has 0 bridgehead atoms. The third-order valence-corrected chi connectivity index (χ3v) is 3.97. The summed E-state index contributed by atoms with van der Waals surface area (Å²) in [5.41, 5.74) is 6.40. The van der Waals surface area contributed by atoms with Crippen LogP contribution < -0.4 is 10.9 Å². The number of nitrogen functional groups attached to an aromatic ring is 1. The lowest BCUT2D eigenvalue weighted by molar-refractivity contribution is -0.0371. The second kappa shape index (κ2) is 5.81. The Hall–Kier alpha value is -1.57. The summed E-state index contributed by atoms with van der Waals surface area (Å²) in [7, 11) is -4.12. The number of rotatable bonds is 4. The highest BCUT2D eigenvalue weighted by Gasteiger charge is 2.36. The van der Waals surface area contributed by atoms with Crippen molar-refractivity contribution >= 4 is 38.9 Å². The topological polar surface area (TPSA) is 168 Å². The summed E-state index contributed by atoms with van der Waals surface area (Å²) >= 11 is 5.78. The van der Waals surface area contributed by atoms with Crippen LogP contribution in [0.5, 0.6) is 0 Å². The molecule has 0 radical (unpaired) electrons. The zero-order chi connectivity index (χ0) is 16.8. The molecule has 0 aromatic carbocycles. The molecule has 2 aromatic rings. The maximum Gasteiger partial charge on any atom is 0.333 e. The van der Waals surface area contributed by atoms with Gasteiger partial charge in [0.05, 0.1) is 19.0 Å². The van der Waals surface area contributed by atoms with E-state index in [2.05, 4.69) is 19.1 Å². The summed E-state index contributed by atoms with van der Waals surface area (Å²) < 4.78 is 33.2. The number of aliphatic hydroxyl groups is 1. The minimum absolute atomic E-state index is 0.0515. The first-order valence-electron chi connectivity index (χ1n) is 6.41. The lowest BCUT2D eigenvalue weighted by Gasteiger charge is -2.15. The van der Waals surface area contributed by atoms with Gasteiger partial charge >= 0.3 is 10.3 Å². The molecule has 5 N–H and O–H groups in total. The molecule has 126 valence electrons. The van der Waals surface area contributed by atoms with Gasteiger partial charge in [-0.05, 0) is 11.6 Å². The Balaban J connectivity index is 1.84. The Morgan fingerprint density at radius 1 is 1.52 bits per heavy atom. The number of nitrogens with zero attached hydrogens (tertiary/aromatic N) is 4. The Bertz CT molecular complexity index is 842. The lowest BCUT2D eigenvalue weighted by atomic mass is 10.2.